The second kappa shape index (κ2) is 6.87. The summed E-state index contributed by atoms with van der Waals surface area (Å²) in [5.74, 6) is 1.32. The molecule has 1 aromatic carbocycles. The molecule has 23 heavy (non-hydrogen) atoms. The smallest absolute Gasteiger partial charge is 0.250 e. The molecule has 122 valence electrons. The molecule has 2 heterocycles. The van der Waals surface area contributed by atoms with E-state index >= 15 is 0 Å². The predicted octanol–water partition coefficient (Wildman–Crippen LogP) is 2.44. The zero-order valence-electron chi connectivity index (χ0n) is 13.3. The fourth-order valence-electron chi connectivity index (χ4n) is 2.77. The van der Waals surface area contributed by atoms with Gasteiger partial charge in [-0.15, -0.1) is 0 Å². The number of pyridine rings is 1. The Bertz CT molecular complexity index is 733. The number of nitrogen functional groups attached to an aromatic ring is 1. The monoisotopic (exact) mass is 314 g/mol. The molecule has 2 N–H and O–H groups in total. The minimum absolute atomic E-state index is 0.0395. The van der Waals surface area contributed by atoms with E-state index in [-0.39, 0.29) is 5.56 Å². The molecule has 0 aliphatic carbocycles. The topological polar surface area (TPSA) is 66.5 Å². The van der Waals surface area contributed by atoms with Crippen LogP contribution in [0.25, 0.3) is 11.1 Å². The van der Waals surface area contributed by atoms with Crippen molar-refractivity contribution in [1.29, 1.82) is 0 Å². The number of hydrogen-bond donors (Lipinski definition) is 1. The van der Waals surface area contributed by atoms with Gasteiger partial charge in [-0.3, -0.25) is 4.79 Å². The van der Waals surface area contributed by atoms with Crippen molar-refractivity contribution in [1.82, 2.24) is 4.57 Å². The van der Waals surface area contributed by atoms with Crippen LogP contribution >= 0.6 is 0 Å². The lowest BCUT2D eigenvalue weighted by Crippen LogP contribution is -2.21. The Hall–Kier alpha value is -2.27. The molecule has 0 saturated carbocycles. The van der Waals surface area contributed by atoms with Crippen LogP contribution in [0.3, 0.4) is 0 Å². The number of aryl methyl sites for hydroxylation is 1. The second-order valence-corrected chi connectivity index (χ2v) is 5.99. The van der Waals surface area contributed by atoms with Gasteiger partial charge < -0.3 is 19.8 Å². The number of anilines is 1. The summed E-state index contributed by atoms with van der Waals surface area (Å²) in [5, 5.41) is 0. The highest BCUT2D eigenvalue weighted by molar-refractivity contribution is 5.73. The van der Waals surface area contributed by atoms with Gasteiger partial charge in [0, 0.05) is 49.3 Å². The molecule has 5 heteroatoms. The Morgan fingerprint density at radius 2 is 2.04 bits per heavy atom. The first-order chi connectivity index (χ1) is 11.1. The van der Waals surface area contributed by atoms with Gasteiger partial charge in [-0.1, -0.05) is 0 Å². The molecule has 1 saturated heterocycles. The van der Waals surface area contributed by atoms with Crippen molar-refractivity contribution in [3.8, 4) is 16.9 Å². The van der Waals surface area contributed by atoms with Crippen molar-refractivity contribution in [2.45, 2.75) is 12.8 Å². The Labute approximate surface area is 135 Å². The molecule has 3 rings (SSSR count). The normalized spacial score (nSPS) is 15.5. The van der Waals surface area contributed by atoms with Gasteiger partial charge in [-0.2, -0.15) is 0 Å². The molecule has 0 spiro atoms. The largest absolute Gasteiger partial charge is 0.493 e. The van der Waals surface area contributed by atoms with Crippen LogP contribution < -0.4 is 16.0 Å². The van der Waals surface area contributed by atoms with E-state index < -0.39 is 0 Å². The first kappa shape index (κ1) is 15.6. The summed E-state index contributed by atoms with van der Waals surface area (Å²) in [7, 11) is 1.74. The lowest BCUT2D eigenvalue weighted by Gasteiger charge is -2.23. The van der Waals surface area contributed by atoms with E-state index in [1.165, 1.54) is 0 Å². The number of aromatic nitrogens is 1. The standard InChI is InChI=1S/C18H22N2O3/c1-20-11-14(2-5-18(20)21)16-10-15(19)3-4-17(16)23-12-13-6-8-22-9-7-13/h2-5,10-11,13H,6-9,12,19H2,1H3. The summed E-state index contributed by atoms with van der Waals surface area (Å²) >= 11 is 0. The van der Waals surface area contributed by atoms with E-state index in [4.69, 9.17) is 15.2 Å². The van der Waals surface area contributed by atoms with E-state index in [1.807, 2.05) is 18.2 Å². The number of ether oxygens (including phenoxy) is 2. The summed E-state index contributed by atoms with van der Waals surface area (Å²) in [4.78, 5) is 11.6. The molecule has 0 radical (unpaired) electrons. The second-order valence-electron chi connectivity index (χ2n) is 5.99. The highest BCUT2D eigenvalue weighted by Crippen LogP contribution is 2.32. The van der Waals surface area contributed by atoms with Gasteiger partial charge in [0.1, 0.15) is 5.75 Å². The van der Waals surface area contributed by atoms with Gasteiger partial charge in [0.25, 0.3) is 0 Å². The van der Waals surface area contributed by atoms with E-state index in [0.717, 1.165) is 42.9 Å². The molecular weight excluding hydrogens is 292 g/mol. The third-order valence-electron chi connectivity index (χ3n) is 4.22. The molecule has 1 fully saturated rings. The summed E-state index contributed by atoms with van der Waals surface area (Å²) in [6.45, 7) is 2.29. The van der Waals surface area contributed by atoms with Gasteiger partial charge >= 0.3 is 0 Å². The first-order valence-corrected chi connectivity index (χ1v) is 7.90. The van der Waals surface area contributed by atoms with Crippen molar-refractivity contribution in [2.75, 3.05) is 25.6 Å². The Morgan fingerprint density at radius 1 is 1.26 bits per heavy atom. The van der Waals surface area contributed by atoms with E-state index in [9.17, 15) is 4.79 Å². The fourth-order valence-corrected chi connectivity index (χ4v) is 2.77. The molecule has 0 unspecified atom stereocenters. The predicted molar refractivity (Wildman–Crippen MR) is 90.6 cm³/mol. The molecule has 0 atom stereocenters. The Kier molecular flexibility index (Phi) is 4.67. The third kappa shape index (κ3) is 3.74. The van der Waals surface area contributed by atoms with Crippen LogP contribution in [0.4, 0.5) is 5.69 Å². The van der Waals surface area contributed by atoms with Crippen molar-refractivity contribution in [3.63, 3.8) is 0 Å². The highest BCUT2D eigenvalue weighted by Gasteiger charge is 2.16. The van der Waals surface area contributed by atoms with Gasteiger partial charge in [0.2, 0.25) is 5.56 Å². The first-order valence-electron chi connectivity index (χ1n) is 7.90. The van der Waals surface area contributed by atoms with E-state index in [0.29, 0.717) is 18.2 Å². The fraction of sp³-hybridized carbons (Fsp3) is 0.389. The molecule has 5 nitrogen and oxygen atoms in total. The molecular formula is C18H22N2O3. The number of nitrogens with zero attached hydrogens (tertiary/aromatic N) is 1. The minimum atomic E-state index is -0.0395. The van der Waals surface area contributed by atoms with Gasteiger partial charge in [0.15, 0.2) is 0 Å². The summed E-state index contributed by atoms with van der Waals surface area (Å²) in [5.41, 5.74) is 8.39. The molecule has 2 aromatic rings. The van der Waals surface area contributed by atoms with Crippen LogP contribution in [0.15, 0.2) is 41.3 Å². The maximum absolute atomic E-state index is 11.6. The van der Waals surface area contributed by atoms with Crippen LogP contribution in [-0.2, 0) is 11.8 Å². The van der Waals surface area contributed by atoms with Gasteiger partial charge in [-0.25, -0.2) is 0 Å². The summed E-state index contributed by atoms with van der Waals surface area (Å²) < 4.78 is 13.0. The maximum atomic E-state index is 11.6. The molecule has 0 bridgehead atoms. The van der Waals surface area contributed by atoms with Crippen LogP contribution in [0.2, 0.25) is 0 Å². The number of rotatable bonds is 4. The Balaban J connectivity index is 1.85. The van der Waals surface area contributed by atoms with Crippen molar-refractivity contribution in [3.05, 3.63) is 46.9 Å². The lowest BCUT2D eigenvalue weighted by molar-refractivity contribution is 0.0498. The van der Waals surface area contributed by atoms with E-state index in [2.05, 4.69) is 0 Å². The number of benzene rings is 1. The van der Waals surface area contributed by atoms with Crippen LogP contribution in [0.5, 0.6) is 5.75 Å². The van der Waals surface area contributed by atoms with Gasteiger partial charge in [0.05, 0.1) is 6.61 Å². The van der Waals surface area contributed by atoms with Gasteiger partial charge in [-0.05, 0) is 43.0 Å². The van der Waals surface area contributed by atoms with Crippen LogP contribution in [-0.4, -0.2) is 24.4 Å². The highest BCUT2D eigenvalue weighted by atomic mass is 16.5. The van der Waals surface area contributed by atoms with Crippen LogP contribution in [0, 0.1) is 5.92 Å². The van der Waals surface area contributed by atoms with Crippen LogP contribution in [0.1, 0.15) is 12.8 Å². The molecule has 1 aromatic heterocycles. The molecule has 0 amide bonds. The SMILES string of the molecule is Cn1cc(-c2cc(N)ccc2OCC2CCOCC2)ccc1=O. The summed E-state index contributed by atoms with van der Waals surface area (Å²) in [6.07, 6.45) is 3.87. The zero-order valence-corrected chi connectivity index (χ0v) is 13.3. The molecule has 1 aliphatic heterocycles. The minimum Gasteiger partial charge on any atom is -0.493 e. The average molecular weight is 314 g/mol. The van der Waals surface area contributed by atoms with E-state index in [1.54, 1.807) is 29.9 Å². The maximum Gasteiger partial charge on any atom is 0.250 e. The lowest BCUT2D eigenvalue weighted by atomic mass is 10.0. The number of hydrogen-bond acceptors (Lipinski definition) is 4. The van der Waals surface area contributed by atoms with Crippen molar-refractivity contribution < 1.29 is 9.47 Å². The zero-order chi connectivity index (χ0) is 16.2. The third-order valence-corrected chi connectivity index (χ3v) is 4.22. The molecule has 1 aliphatic rings. The number of nitrogens with two attached hydrogens (primary N) is 1. The quantitative estimate of drug-likeness (QED) is 0.880. The average Bonchev–Trinajstić information content (AvgIpc) is 2.57. The van der Waals surface area contributed by atoms with Crippen molar-refractivity contribution >= 4 is 5.69 Å². The van der Waals surface area contributed by atoms with Crippen molar-refractivity contribution in [2.24, 2.45) is 13.0 Å². The summed E-state index contributed by atoms with van der Waals surface area (Å²) in [6, 6.07) is 8.98. The Morgan fingerprint density at radius 3 is 2.78 bits per heavy atom.